The van der Waals surface area contributed by atoms with Crippen molar-refractivity contribution in [2.24, 2.45) is 11.3 Å². The van der Waals surface area contributed by atoms with Crippen LogP contribution in [0.5, 0.6) is 5.75 Å². The summed E-state index contributed by atoms with van der Waals surface area (Å²) in [6.07, 6.45) is -1.40. The molecule has 89 heavy (non-hydrogen) atoms. The van der Waals surface area contributed by atoms with Crippen molar-refractivity contribution in [1.29, 1.82) is 5.26 Å². The van der Waals surface area contributed by atoms with Gasteiger partial charge in [-0.25, -0.2) is 14.7 Å². The number of urea groups is 1. The highest BCUT2D eigenvalue weighted by molar-refractivity contribution is 7.13. The number of nitriles is 1. The number of thiazole rings is 1. The number of aryl methyl sites for hydroxylation is 3. The molecular formula is C64H76F3N9O12S. The number of amides is 5. The number of hydrogen-bond acceptors (Lipinski definition) is 17. The lowest BCUT2D eigenvalue weighted by molar-refractivity contribution is -0.151. The zero-order valence-electron chi connectivity index (χ0n) is 51.1. The Kier molecular flexibility index (Phi) is 22.2. The summed E-state index contributed by atoms with van der Waals surface area (Å²) in [5.41, 5.74) is 0.927. The van der Waals surface area contributed by atoms with Gasteiger partial charge in [0.2, 0.25) is 11.8 Å². The minimum absolute atomic E-state index is 0.0289. The van der Waals surface area contributed by atoms with E-state index in [2.05, 4.69) is 20.6 Å². The van der Waals surface area contributed by atoms with E-state index in [1.807, 2.05) is 58.9 Å². The summed E-state index contributed by atoms with van der Waals surface area (Å²) >= 11 is 1.55. The Labute approximate surface area is 519 Å². The number of aromatic nitrogens is 4. The van der Waals surface area contributed by atoms with E-state index in [9.17, 15) is 52.0 Å². The number of carbonyl (C=O) groups excluding carboxylic acids is 7. The maximum absolute atomic E-state index is 14.8. The van der Waals surface area contributed by atoms with Crippen molar-refractivity contribution < 1.29 is 70.4 Å². The Bertz CT molecular complexity index is 3380. The number of alkyl halides is 3. The van der Waals surface area contributed by atoms with E-state index in [1.165, 1.54) is 41.8 Å². The van der Waals surface area contributed by atoms with Gasteiger partial charge in [0.15, 0.2) is 5.78 Å². The highest BCUT2D eigenvalue weighted by Crippen LogP contribution is 2.41. The lowest BCUT2D eigenvalue weighted by atomic mass is 9.77. The number of ketones is 1. The molecule has 2 saturated heterocycles. The molecule has 5 atom stereocenters. The zero-order valence-corrected chi connectivity index (χ0v) is 52.0. The normalized spacial score (nSPS) is 21.4. The zero-order chi connectivity index (χ0) is 64.2. The smallest absolute Gasteiger partial charge is 0.417 e. The van der Waals surface area contributed by atoms with E-state index < -0.39 is 94.2 Å². The molecule has 0 radical (unpaired) electrons. The van der Waals surface area contributed by atoms with Crippen molar-refractivity contribution in [1.82, 2.24) is 30.2 Å². The summed E-state index contributed by atoms with van der Waals surface area (Å²) in [5, 5.41) is 20.8. The number of benzene rings is 3. The van der Waals surface area contributed by atoms with E-state index in [4.69, 9.17) is 23.7 Å². The lowest BCUT2D eigenvalue weighted by Crippen LogP contribution is -2.50. The lowest BCUT2D eigenvalue weighted by Gasteiger charge is -2.35. The molecule has 8 rings (SSSR count). The first-order chi connectivity index (χ1) is 42.3. The van der Waals surface area contributed by atoms with Crippen LogP contribution >= 0.6 is 11.3 Å². The SMILES string of the molecule is Cc1ncsc1-c1ccc([C@H](C)NC(=O)C2CC3CN2C(=O)C(C(C)(C)C)CC(=O)COCCCOCCC(CCOc2ccc(N4C(=O)N(c5ccc(C#N)c(C(F)(F)F)c5)C(=O)C4(C)C)cc2)OC(=O)CCCCCn2cc(nn2)CCC(=O)O3)cc1. The molecule has 5 heterocycles. The Morgan fingerprint density at radius 3 is 2.30 bits per heavy atom. The van der Waals surface area contributed by atoms with Crippen molar-refractivity contribution in [2.75, 3.05) is 49.4 Å². The molecule has 0 aliphatic carbocycles. The first-order valence-electron chi connectivity index (χ1n) is 29.9. The second-order valence-electron chi connectivity index (χ2n) is 24.1. The summed E-state index contributed by atoms with van der Waals surface area (Å²) in [5.74, 6) is -3.31. The summed E-state index contributed by atoms with van der Waals surface area (Å²) in [6, 6.07) is 15.9. The second kappa shape index (κ2) is 29.5. The number of hydrogen-bond donors (Lipinski definition) is 1. The quantitative estimate of drug-likeness (QED) is 0.101. The van der Waals surface area contributed by atoms with Crippen molar-refractivity contribution in [3.8, 4) is 22.3 Å². The predicted octanol–water partition coefficient (Wildman–Crippen LogP) is 10.1. The predicted molar refractivity (Wildman–Crippen MR) is 321 cm³/mol. The van der Waals surface area contributed by atoms with E-state index in [0.717, 1.165) is 33.8 Å². The fourth-order valence-electron chi connectivity index (χ4n) is 11.0. The first-order valence-corrected chi connectivity index (χ1v) is 30.8. The maximum atomic E-state index is 14.8. The van der Waals surface area contributed by atoms with E-state index in [1.54, 1.807) is 39.9 Å². The number of cyclic esters (lactones) is 1. The molecule has 5 amide bonds. The van der Waals surface area contributed by atoms with Crippen molar-refractivity contribution in [3.63, 3.8) is 0 Å². The van der Waals surface area contributed by atoms with Gasteiger partial charge in [0.25, 0.3) is 5.91 Å². The number of fused-ring (bicyclic) bond motifs is 4. The average molecular weight is 1250 g/mol. The highest BCUT2D eigenvalue weighted by Gasteiger charge is 2.53. The first kappa shape index (κ1) is 66.9. The molecule has 3 aliphatic heterocycles. The van der Waals surface area contributed by atoms with Crippen LogP contribution < -0.4 is 19.9 Å². The number of Topliss-reactive ketones (excluding diaryl/α,β-unsaturated/α-hetero) is 1. The monoisotopic (exact) mass is 1250 g/mol. The molecule has 5 aromatic rings. The van der Waals surface area contributed by atoms with Gasteiger partial charge in [-0.15, -0.1) is 16.4 Å². The molecular weight excluding hydrogens is 1180 g/mol. The van der Waals surface area contributed by atoms with Crippen molar-refractivity contribution in [2.45, 2.75) is 162 Å². The van der Waals surface area contributed by atoms with Gasteiger partial charge in [-0.05, 0) is 106 Å². The number of rotatable bonds is 10. The van der Waals surface area contributed by atoms with Crippen LogP contribution in [0.1, 0.15) is 140 Å². The molecule has 3 aromatic carbocycles. The topological polar surface area (TPSA) is 255 Å². The third-order valence-electron chi connectivity index (χ3n) is 16.0. The molecule has 1 N–H and O–H groups in total. The number of esters is 2. The van der Waals surface area contributed by atoms with Crippen LogP contribution in [0, 0.1) is 29.6 Å². The molecule has 21 nitrogen and oxygen atoms in total. The fraction of sp³-hybridized carbons (Fsp3) is 0.516. The Morgan fingerprint density at radius 1 is 0.888 bits per heavy atom. The van der Waals surface area contributed by atoms with Crippen LogP contribution in [-0.4, -0.2) is 130 Å². The van der Waals surface area contributed by atoms with Gasteiger partial charge < -0.3 is 33.9 Å². The van der Waals surface area contributed by atoms with Crippen LogP contribution in [0.15, 0.2) is 78.4 Å². The minimum Gasteiger partial charge on any atom is -0.493 e. The summed E-state index contributed by atoms with van der Waals surface area (Å²) in [4.78, 5) is 105. The van der Waals surface area contributed by atoms with E-state index in [0.29, 0.717) is 61.1 Å². The minimum atomic E-state index is -4.91. The third-order valence-corrected chi connectivity index (χ3v) is 17.0. The maximum Gasteiger partial charge on any atom is 0.417 e. The highest BCUT2D eigenvalue weighted by atomic mass is 32.1. The molecule has 4 unspecified atom stereocenters. The van der Waals surface area contributed by atoms with E-state index >= 15 is 0 Å². The van der Waals surface area contributed by atoms with Crippen LogP contribution in [0.4, 0.5) is 29.3 Å². The Balaban J connectivity index is 0.878. The number of nitrogens with one attached hydrogen (secondary N) is 1. The molecule has 3 aliphatic rings. The van der Waals surface area contributed by atoms with Crippen LogP contribution in [0.25, 0.3) is 10.4 Å². The van der Waals surface area contributed by atoms with Crippen LogP contribution in [-0.2, 0) is 66.9 Å². The summed E-state index contributed by atoms with van der Waals surface area (Å²) < 4.78 is 72.8. The number of anilines is 2. The number of imide groups is 1. The number of halogens is 3. The number of nitrogens with zero attached hydrogens (tertiary/aromatic N) is 8. The average Bonchev–Trinajstić information content (AvgIpc) is 1.64. The third kappa shape index (κ3) is 17.2. The van der Waals surface area contributed by atoms with E-state index in [-0.39, 0.29) is 95.3 Å². The molecule has 0 spiro atoms. The molecule has 25 heteroatoms. The van der Waals surface area contributed by atoms with Crippen LogP contribution in [0.3, 0.4) is 0 Å². The molecule has 2 fully saturated rings. The van der Waals surface area contributed by atoms with Gasteiger partial charge in [0.05, 0.1) is 76.9 Å². The fourth-order valence-corrected chi connectivity index (χ4v) is 11.8. The van der Waals surface area contributed by atoms with Gasteiger partial charge in [-0.1, -0.05) is 56.7 Å². The van der Waals surface area contributed by atoms with Gasteiger partial charge in [-0.3, -0.25) is 38.3 Å². The molecule has 0 saturated carbocycles. The van der Waals surface area contributed by atoms with Gasteiger partial charge in [0.1, 0.15) is 36.1 Å². The van der Waals surface area contributed by atoms with Crippen molar-refractivity contribution >= 4 is 64.2 Å². The van der Waals surface area contributed by atoms with Gasteiger partial charge >= 0.3 is 24.1 Å². The largest absolute Gasteiger partial charge is 0.493 e. The molecule has 2 aromatic heterocycles. The van der Waals surface area contributed by atoms with Gasteiger partial charge in [-0.2, -0.15) is 18.4 Å². The van der Waals surface area contributed by atoms with Gasteiger partial charge in [0, 0.05) is 76.1 Å². The molecule has 4 bridgehead atoms. The molecule has 476 valence electrons. The number of carbonyl (C=O) groups is 7. The van der Waals surface area contributed by atoms with Crippen molar-refractivity contribution in [3.05, 3.63) is 107 Å². The summed E-state index contributed by atoms with van der Waals surface area (Å²) in [6.45, 7) is 13.3. The van der Waals surface area contributed by atoms with Crippen LogP contribution in [0.2, 0.25) is 0 Å². The standard InChI is InChI=1S/C64H76F3N9O12S/c1-40(42-13-15-43(16-14-42)57-41(2)69-39-89-57)70-58(80)54-34-51-37-74(54)59(81)53(62(3,4)5)33-48(77)38-85-29-11-28-84-30-25-50(87-55(78)12-9-8-10-27-73-36-45(71-72-73)18-24-56(79)88-51)26-31-86-49-22-20-46(21-23-49)76-61(83)75(60(82)63(76,6)7)47-19-17-44(35-68)52(32-47)64(65,66)67/h13-17,19-23,32,36,39-40,50-51,53-54H,8-12,18,24-31,33-34,37-38H2,1-7H3,(H,70,80)/t40-,50?,51?,53?,54?/m0/s1. The number of ether oxygens (including phenoxy) is 5. The Morgan fingerprint density at radius 2 is 1.61 bits per heavy atom. The second-order valence-corrected chi connectivity index (χ2v) is 25.0. The summed E-state index contributed by atoms with van der Waals surface area (Å²) in [7, 11) is 0. The Hall–Kier alpha value is -8.08.